The van der Waals surface area contributed by atoms with Crippen molar-refractivity contribution in [3.63, 3.8) is 0 Å². The maximum Gasteiger partial charge on any atom is 0.161 e. The van der Waals surface area contributed by atoms with Crippen molar-refractivity contribution in [1.29, 1.82) is 0 Å². The number of nitrogens with two attached hydrogens (primary N) is 1. The highest BCUT2D eigenvalue weighted by Crippen LogP contribution is 2.27. The summed E-state index contributed by atoms with van der Waals surface area (Å²) in [6.07, 6.45) is 0.852. The fraction of sp³-hybridized carbons (Fsp3) is 0.294. The second-order valence-electron chi connectivity index (χ2n) is 4.85. The number of methoxy groups -OCH3 is 2. The molecule has 4 heteroatoms. The molecular weight excluding hydrogens is 269 g/mol. The van der Waals surface area contributed by atoms with Gasteiger partial charge in [0.05, 0.1) is 20.8 Å². The van der Waals surface area contributed by atoms with Gasteiger partial charge in [0.2, 0.25) is 0 Å². The minimum Gasteiger partial charge on any atom is -0.493 e. The molecule has 0 saturated heterocycles. The van der Waals surface area contributed by atoms with E-state index in [1.165, 1.54) is 11.6 Å². The van der Waals surface area contributed by atoms with Gasteiger partial charge < -0.3 is 14.8 Å². The molecule has 2 aromatic rings. The van der Waals surface area contributed by atoms with Crippen molar-refractivity contribution in [2.75, 3.05) is 20.8 Å². The molecule has 3 nitrogen and oxygen atoms in total. The lowest BCUT2D eigenvalue weighted by Gasteiger charge is -2.09. The second kappa shape index (κ2) is 7.64. The second-order valence-corrected chi connectivity index (χ2v) is 4.85. The lowest BCUT2D eigenvalue weighted by Crippen LogP contribution is -2.83. The number of benzene rings is 2. The Labute approximate surface area is 124 Å². The standard InChI is InChI=1S/C17H20FNO2/c1-20-16-7-6-14(11-17(16)21-2)12-19-9-8-13-4-3-5-15(18)10-13/h3-7,10-11,19H,8-9,12H2,1-2H3/p+1. The molecule has 0 fully saturated rings. The van der Waals surface area contributed by atoms with E-state index < -0.39 is 0 Å². The van der Waals surface area contributed by atoms with Crippen LogP contribution < -0.4 is 14.8 Å². The van der Waals surface area contributed by atoms with Crippen LogP contribution in [0, 0.1) is 5.82 Å². The Kier molecular flexibility index (Phi) is 5.58. The summed E-state index contributed by atoms with van der Waals surface area (Å²) in [4.78, 5) is 0. The number of rotatable bonds is 7. The molecule has 0 bridgehead atoms. The van der Waals surface area contributed by atoms with E-state index in [0.29, 0.717) is 0 Å². The first kappa shape index (κ1) is 15.3. The first-order chi connectivity index (χ1) is 10.2. The Morgan fingerprint density at radius 3 is 2.48 bits per heavy atom. The minimum atomic E-state index is -0.174. The predicted molar refractivity (Wildman–Crippen MR) is 80.1 cm³/mol. The van der Waals surface area contributed by atoms with Gasteiger partial charge in [-0.15, -0.1) is 0 Å². The molecule has 0 aliphatic heterocycles. The molecule has 0 saturated carbocycles. The number of hydrogen-bond acceptors (Lipinski definition) is 2. The monoisotopic (exact) mass is 290 g/mol. The van der Waals surface area contributed by atoms with Crippen molar-refractivity contribution in [2.45, 2.75) is 13.0 Å². The highest BCUT2D eigenvalue weighted by Gasteiger charge is 2.05. The molecule has 0 unspecified atom stereocenters. The predicted octanol–water partition coefficient (Wildman–Crippen LogP) is 2.15. The van der Waals surface area contributed by atoms with E-state index in [2.05, 4.69) is 5.32 Å². The van der Waals surface area contributed by atoms with E-state index >= 15 is 0 Å². The van der Waals surface area contributed by atoms with Gasteiger partial charge in [0.15, 0.2) is 11.5 Å². The molecular formula is C17H21FNO2+. The zero-order valence-corrected chi connectivity index (χ0v) is 12.4. The summed E-state index contributed by atoms with van der Waals surface area (Å²) in [5.74, 6) is 1.31. The molecule has 0 amide bonds. The molecule has 0 aromatic heterocycles. The van der Waals surface area contributed by atoms with Crippen LogP contribution >= 0.6 is 0 Å². The number of quaternary nitrogens is 1. The third kappa shape index (κ3) is 4.46. The van der Waals surface area contributed by atoms with Gasteiger partial charge in [0.1, 0.15) is 12.4 Å². The normalized spacial score (nSPS) is 10.4. The van der Waals surface area contributed by atoms with Gasteiger partial charge in [-0.1, -0.05) is 12.1 Å². The largest absolute Gasteiger partial charge is 0.493 e. The molecule has 112 valence electrons. The first-order valence-electron chi connectivity index (χ1n) is 7.00. The van der Waals surface area contributed by atoms with E-state index in [1.54, 1.807) is 26.4 Å². The Balaban J connectivity index is 1.83. The van der Waals surface area contributed by atoms with Crippen molar-refractivity contribution < 1.29 is 19.2 Å². The topological polar surface area (TPSA) is 35.1 Å². The van der Waals surface area contributed by atoms with Crippen LogP contribution in [0.25, 0.3) is 0 Å². The maximum atomic E-state index is 13.1. The molecule has 2 N–H and O–H groups in total. The average Bonchev–Trinajstić information content (AvgIpc) is 2.51. The molecule has 0 heterocycles. The Bertz CT molecular complexity index is 587. The number of hydrogen-bond donors (Lipinski definition) is 1. The zero-order chi connectivity index (χ0) is 15.1. The van der Waals surface area contributed by atoms with Crippen LogP contribution in [-0.2, 0) is 13.0 Å². The summed E-state index contributed by atoms with van der Waals surface area (Å²) in [5, 5.41) is 2.20. The summed E-state index contributed by atoms with van der Waals surface area (Å²) in [7, 11) is 3.26. The summed E-state index contributed by atoms with van der Waals surface area (Å²) in [6.45, 7) is 1.77. The first-order valence-corrected chi connectivity index (χ1v) is 7.00. The van der Waals surface area contributed by atoms with Crippen molar-refractivity contribution >= 4 is 0 Å². The van der Waals surface area contributed by atoms with Crippen molar-refractivity contribution in [2.24, 2.45) is 0 Å². The Morgan fingerprint density at radius 1 is 0.952 bits per heavy atom. The zero-order valence-electron chi connectivity index (χ0n) is 12.4. The highest BCUT2D eigenvalue weighted by molar-refractivity contribution is 5.42. The van der Waals surface area contributed by atoms with Crippen LogP contribution in [0.2, 0.25) is 0 Å². The van der Waals surface area contributed by atoms with Gasteiger partial charge in [-0.05, 0) is 35.9 Å². The fourth-order valence-corrected chi connectivity index (χ4v) is 2.24. The molecule has 0 atom stereocenters. The van der Waals surface area contributed by atoms with E-state index in [1.807, 2.05) is 24.3 Å². The summed E-state index contributed by atoms with van der Waals surface area (Å²) in [6, 6.07) is 12.7. The van der Waals surface area contributed by atoms with E-state index in [4.69, 9.17) is 9.47 Å². The smallest absolute Gasteiger partial charge is 0.161 e. The lowest BCUT2D eigenvalue weighted by atomic mass is 10.1. The molecule has 0 spiro atoms. The number of halogens is 1. The minimum absolute atomic E-state index is 0.174. The molecule has 0 aliphatic carbocycles. The molecule has 2 rings (SSSR count). The van der Waals surface area contributed by atoms with Crippen LogP contribution in [0.15, 0.2) is 42.5 Å². The van der Waals surface area contributed by atoms with Gasteiger partial charge in [-0.25, -0.2) is 4.39 Å². The lowest BCUT2D eigenvalue weighted by molar-refractivity contribution is -0.670. The molecule has 0 aliphatic rings. The number of ether oxygens (including phenoxy) is 2. The molecule has 2 aromatic carbocycles. The fourth-order valence-electron chi connectivity index (χ4n) is 2.24. The average molecular weight is 290 g/mol. The van der Waals surface area contributed by atoms with Crippen LogP contribution in [0.4, 0.5) is 4.39 Å². The van der Waals surface area contributed by atoms with Crippen LogP contribution in [0.3, 0.4) is 0 Å². The van der Waals surface area contributed by atoms with E-state index in [0.717, 1.165) is 36.6 Å². The Hall–Kier alpha value is -2.07. The van der Waals surface area contributed by atoms with Crippen molar-refractivity contribution in [1.82, 2.24) is 0 Å². The van der Waals surface area contributed by atoms with Gasteiger partial charge in [-0.2, -0.15) is 0 Å². The van der Waals surface area contributed by atoms with Crippen LogP contribution in [0.1, 0.15) is 11.1 Å². The van der Waals surface area contributed by atoms with Gasteiger partial charge in [-0.3, -0.25) is 0 Å². The highest BCUT2D eigenvalue weighted by atomic mass is 19.1. The maximum absolute atomic E-state index is 13.1. The summed E-state index contributed by atoms with van der Waals surface area (Å²) >= 11 is 0. The van der Waals surface area contributed by atoms with Gasteiger partial charge in [0, 0.05) is 12.0 Å². The van der Waals surface area contributed by atoms with Gasteiger partial charge >= 0.3 is 0 Å². The Morgan fingerprint density at radius 2 is 1.76 bits per heavy atom. The van der Waals surface area contributed by atoms with Crippen LogP contribution in [0.5, 0.6) is 11.5 Å². The van der Waals surface area contributed by atoms with Crippen LogP contribution in [-0.4, -0.2) is 20.8 Å². The van der Waals surface area contributed by atoms with E-state index in [-0.39, 0.29) is 5.82 Å². The SMILES string of the molecule is COc1ccc(C[NH2+]CCc2cccc(F)c2)cc1OC. The quantitative estimate of drug-likeness (QED) is 0.793. The summed E-state index contributed by atoms with van der Waals surface area (Å²) < 4.78 is 23.6. The third-order valence-corrected chi connectivity index (χ3v) is 3.35. The van der Waals surface area contributed by atoms with Gasteiger partial charge in [0.25, 0.3) is 0 Å². The van der Waals surface area contributed by atoms with E-state index in [9.17, 15) is 4.39 Å². The van der Waals surface area contributed by atoms with Crippen molar-refractivity contribution in [3.8, 4) is 11.5 Å². The molecule has 0 radical (unpaired) electrons. The molecule has 21 heavy (non-hydrogen) atoms. The third-order valence-electron chi connectivity index (χ3n) is 3.35. The van der Waals surface area contributed by atoms with Crippen molar-refractivity contribution in [3.05, 3.63) is 59.4 Å². The summed E-state index contributed by atoms with van der Waals surface area (Å²) in [5.41, 5.74) is 2.20.